The van der Waals surface area contributed by atoms with Gasteiger partial charge in [-0.1, -0.05) is 53.4 Å². The molecule has 5 rings (SSSR count). The number of aromatic amines is 1. The number of pyridine rings is 1. The largest absolute Gasteiger partial charge is 0.364 e. The number of aromatic nitrogens is 4. The number of fused-ring (bicyclic) bond motifs is 2. The number of hydrogen-bond donors (Lipinski definition) is 2. The number of rotatable bonds is 4. The van der Waals surface area contributed by atoms with Crippen LogP contribution in [0.1, 0.15) is 34.5 Å². The number of H-pyrrole nitrogens is 1. The standard InChI is InChI=1S/C22H19N5OS2/c28-20(16-13-24-17-9-4-2-1-3-7-14(16)17)25-21-26-27-22(30-21)29-19-11-12-23-18-10-6-5-8-15(18)19/h1,3,5-6,8,10-13,24H,2,4,7,9H2,(H,25,26,28)/b3-1-. The first kappa shape index (κ1) is 19.0. The Kier molecular flexibility index (Phi) is 5.33. The number of carbonyl (C=O) groups excluding carboxylic acids is 1. The summed E-state index contributed by atoms with van der Waals surface area (Å²) in [6, 6.07) is 9.97. The Morgan fingerprint density at radius 2 is 2.10 bits per heavy atom. The van der Waals surface area contributed by atoms with E-state index in [0.717, 1.165) is 57.1 Å². The summed E-state index contributed by atoms with van der Waals surface area (Å²) in [5, 5.41) is 12.9. The van der Waals surface area contributed by atoms with E-state index in [-0.39, 0.29) is 5.91 Å². The van der Waals surface area contributed by atoms with Crippen LogP contribution in [0.4, 0.5) is 5.13 Å². The molecule has 1 aliphatic carbocycles. The van der Waals surface area contributed by atoms with Crippen LogP contribution in [0.3, 0.4) is 0 Å². The summed E-state index contributed by atoms with van der Waals surface area (Å²) in [5.41, 5.74) is 3.85. The van der Waals surface area contributed by atoms with Gasteiger partial charge in [0.15, 0.2) is 4.34 Å². The molecular weight excluding hydrogens is 414 g/mol. The quantitative estimate of drug-likeness (QED) is 0.339. The molecule has 0 unspecified atom stereocenters. The van der Waals surface area contributed by atoms with Gasteiger partial charge in [0.1, 0.15) is 0 Å². The van der Waals surface area contributed by atoms with E-state index in [4.69, 9.17) is 0 Å². The molecule has 8 heteroatoms. The van der Waals surface area contributed by atoms with Gasteiger partial charge in [-0.15, -0.1) is 10.2 Å². The van der Waals surface area contributed by atoms with Crippen molar-refractivity contribution in [2.45, 2.75) is 34.9 Å². The molecule has 0 radical (unpaired) electrons. The lowest BCUT2D eigenvalue weighted by Gasteiger charge is -2.07. The monoisotopic (exact) mass is 433 g/mol. The van der Waals surface area contributed by atoms with Gasteiger partial charge in [-0.3, -0.25) is 15.1 Å². The molecule has 0 saturated carbocycles. The van der Waals surface area contributed by atoms with Crippen molar-refractivity contribution in [3.05, 3.63) is 71.7 Å². The Hall–Kier alpha value is -2.97. The van der Waals surface area contributed by atoms with E-state index in [9.17, 15) is 4.79 Å². The second kappa shape index (κ2) is 8.41. The van der Waals surface area contributed by atoms with Gasteiger partial charge in [0.05, 0.1) is 11.1 Å². The number of amides is 1. The summed E-state index contributed by atoms with van der Waals surface area (Å²) in [6.45, 7) is 0. The van der Waals surface area contributed by atoms with Gasteiger partial charge in [0.25, 0.3) is 5.91 Å². The Morgan fingerprint density at radius 1 is 1.17 bits per heavy atom. The van der Waals surface area contributed by atoms with Crippen LogP contribution in [0.25, 0.3) is 10.9 Å². The summed E-state index contributed by atoms with van der Waals surface area (Å²) < 4.78 is 0.772. The number of anilines is 1. The zero-order valence-electron chi connectivity index (χ0n) is 16.1. The van der Waals surface area contributed by atoms with Crippen LogP contribution in [0.2, 0.25) is 0 Å². The van der Waals surface area contributed by atoms with Gasteiger partial charge in [-0.2, -0.15) is 0 Å². The molecular formula is C22H19N5OS2. The van der Waals surface area contributed by atoms with Crippen LogP contribution in [0, 0.1) is 0 Å². The van der Waals surface area contributed by atoms with Crippen LogP contribution in [-0.2, 0) is 12.8 Å². The highest BCUT2D eigenvalue weighted by Gasteiger charge is 2.19. The highest BCUT2D eigenvalue weighted by molar-refractivity contribution is 8.01. The van der Waals surface area contributed by atoms with Crippen LogP contribution in [-0.4, -0.2) is 26.1 Å². The molecule has 1 amide bonds. The molecule has 0 atom stereocenters. The molecule has 30 heavy (non-hydrogen) atoms. The van der Waals surface area contributed by atoms with Crippen molar-refractivity contribution in [3.8, 4) is 0 Å². The molecule has 2 N–H and O–H groups in total. The number of para-hydroxylation sites is 1. The average Bonchev–Trinajstić information content (AvgIpc) is 3.34. The van der Waals surface area contributed by atoms with Crippen LogP contribution < -0.4 is 5.32 Å². The maximum atomic E-state index is 12.9. The second-order valence-electron chi connectivity index (χ2n) is 6.98. The lowest BCUT2D eigenvalue weighted by molar-refractivity contribution is 0.102. The predicted octanol–water partition coefficient (Wildman–Crippen LogP) is 5.25. The van der Waals surface area contributed by atoms with Crippen LogP contribution in [0.15, 0.2) is 64.1 Å². The number of nitrogens with zero attached hydrogens (tertiary/aromatic N) is 3. The van der Waals surface area contributed by atoms with E-state index in [1.165, 1.54) is 23.1 Å². The van der Waals surface area contributed by atoms with E-state index in [1.807, 2.05) is 30.3 Å². The van der Waals surface area contributed by atoms with Crippen molar-refractivity contribution in [1.82, 2.24) is 20.2 Å². The Balaban J connectivity index is 1.33. The van der Waals surface area contributed by atoms with Crippen molar-refractivity contribution in [3.63, 3.8) is 0 Å². The fourth-order valence-electron chi connectivity index (χ4n) is 3.59. The van der Waals surface area contributed by atoms with Crippen LogP contribution >= 0.6 is 23.1 Å². The van der Waals surface area contributed by atoms with Gasteiger partial charge in [-0.05, 0) is 43.4 Å². The Morgan fingerprint density at radius 3 is 3.07 bits per heavy atom. The Labute approximate surface area is 181 Å². The molecule has 150 valence electrons. The maximum Gasteiger partial charge on any atom is 0.259 e. The predicted molar refractivity (Wildman–Crippen MR) is 120 cm³/mol. The molecule has 0 spiro atoms. The molecule has 1 aromatic carbocycles. The van der Waals surface area contributed by atoms with Gasteiger partial charge in [-0.25, -0.2) is 0 Å². The number of hydrogen-bond acceptors (Lipinski definition) is 6. The number of allylic oxidation sites excluding steroid dienone is 2. The third-order valence-corrected chi connectivity index (χ3v) is 7.01. The number of carbonyl (C=O) groups is 1. The molecule has 6 nitrogen and oxygen atoms in total. The molecule has 0 aliphatic heterocycles. The summed E-state index contributed by atoms with van der Waals surface area (Å²) in [7, 11) is 0. The van der Waals surface area contributed by atoms with Gasteiger partial charge < -0.3 is 4.98 Å². The summed E-state index contributed by atoms with van der Waals surface area (Å²) >= 11 is 2.90. The third-order valence-electron chi connectivity index (χ3n) is 5.04. The first-order valence-electron chi connectivity index (χ1n) is 9.78. The number of nitrogens with one attached hydrogen (secondary N) is 2. The van der Waals surface area contributed by atoms with Crippen molar-refractivity contribution < 1.29 is 4.79 Å². The minimum Gasteiger partial charge on any atom is -0.364 e. The highest BCUT2D eigenvalue weighted by Crippen LogP contribution is 2.35. The van der Waals surface area contributed by atoms with E-state index < -0.39 is 0 Å². The first-order valence-corrected chi connectivity index (χ1v) is 11.4. The van der Waals surface area contributed by atoms with Crippen molar-refractivity contribution >= 4 is 45.0 Å². The lowest BCUT2D eigenvalue weighted by Crippen LogP contribution is -2.13. The fourth-order valence-corrected chi connectivity index (χ4v) is 5.42. The minimum absolute atomic E-state index is 0.150. The zero-order chi connectivity index (χ0) is 20.3. The Bertz CT molecular complexity index is 1240. The van der Waals surface area contributed by atoms with Crippen LogP contribution in [0.5, 0.6) is 0 Å². The molecule has 3 aromatic heterocycles. The second-order valence-corrected chi connectivity index (χ2v) is 9.25. The first-order chi connectivity index (χ1) is 14.8. The number of aryl methyl sites for hydroxylation is 1. The summed E-state index contributed by atoms with van der Waals surface area (Å²) in [4.78, 5) is 21.6. The molecule has 3 heterocycles. The number of benzene rings is 1. The molecule has 0 bridgehead atoms. The molecule has 0 saturated heterocycles. The molecule has 1 aliphatic rings. The van der Waals surface area contributed by atoms with Crippen molar-refractivity contribution in [1.29, 1.82) is 0 Å². The SMILES string of the molecule is O=C(Nc1nnc(Sc2ccnc3ccccc23)s1)c1c[nH]c2c1C/C=C\CCC2. The minimum atomic E-state index is -0.150. The smallest absolute Gasteiger partial charge is 0.259 e. The average molecular weight is 434 g/mol. The van der Waals surface area contributed by atoms with Gasteiger partial charge in [0.2, 0.25) is 5.13 Å². The topological polar surface area (TPSA) is 83.6 Å². The summed E-state index contributed by atoms with van der Waals surface area (Å²) in [6.07, 6.45) is 11.8. The van der Waals surface area contributed by atoms with Gasteiger partial charge >= 0.3 is 0 Å². The van der Waals surface area contributed by atoms with Crippen molar-refractivity contribution in [2.75, 3.05) is 5.32 Å². The lowest BCUT2D eigenvalue weighted by atomic mass is 10.0. The van der Waals surface area contributed by atoms with E-state index in [0.29, 0.717) is 10.7 Å². The summed E-state index contributed by atoms with van der Waals surface area (Å²) in [5.74, 6) is -0.150. The molecule has 0 fully saturated rings. The third kappa shape index (κ3) is 3.88. The normalized spacial score (nSPS) is 14.7. The molecule has 4 aromatic rings. The fraction of sp³-hybridized carbons (Fsp3) is 0.182. The maximum absolute atomic E-state index is 12.9. The van der Waals surface area contributed by atoms with E-state index >= 15 is 0 Å². The van der Waals surface area contributed by atoms with Gasteiger partial charge in [0, 0.05) is 28.4 Å². The van der Waals surface area contributed by atoms with E-state index in [2.05, 4.69) is 37.6 Å². The highest BCUT2D eigenvalue weighted by atomic mass is 32.2. The zero-order valence-corrected chi connectivity index (χ0v) is 17.7. The van der Waals surface area contributed by atoms with E-state index in [1.54, 1.807) is 12.4 Å². The van der Waals surface area contributed by atoms with Crippen molar-refractivity contribution in [2.24, 2.45) is 0 Å².